The van der Waals surface area contributed by atoms with Crippen molar-refractivity contribution in [1.29, 1.82) is 0 Å². The molecule has 0 saturated carbocycles. The zero-order valence-electron chi connectivity index (χ0n) is 16.4. The third kappa shape index (κ3) is 5.57. The zero-order chi connectivity index (χ0) is 22.5. The molecule has 0 spiro atoms. The summed E-state index contributed by atoms with van der Waals surface area (Å²) in [5.74, 6) is -0.385. The van der Waals surface area contributed by atoms with E-state index in [2.05, 4.69) is 15.8 Å². The quantitative estimate of drug-likeness (QED) is 0.218. The van der Waals surface area contributed by atoms with Crippen molar-refractivity contribution in [2.75, 3.05) is 12.3 Å². The van der Waals surface area contributed by atoms with Gasteiger partial charge >= 0.3 is 0 Å². The van der Waals surface area contributed by atoms with E-state index >= 15 is 0 Å². The molecule has 1 aliphatic rings. The van der Waals surface area contributed by atoms with Gasteiger partial charge in [0.1, 0.15) is 10.1 Å². The second-order valence-electron chi connectivity index (χ2n) is 6.43. The molecule has 0 bridgehead atoms. The number of thiocarbonyl (C=S) groups is 1. The van der Waals surface area contributed by atoms with E-state index < -0.39 is 5.91 Å². The summed E-state index contributed by atoms with van der Waals surface area (Å²) in [6, 6.07) is 11.2. The Bertz CT molecular complexity index is 1170. The van der Waals surface area contributed by atoms with Crippen LogP contribution in [-0.2, 0) is 14.4 Å². The highest BCUT2D eigenvalue weighted by Crippen LogP contribution is 2.32. The average molecular weight is 505 g/mol. The summed E-state index contributed by atoms with van der Waals surface area (Å²) in [5, 5.41) is 0. The van der Waals surface area contributed by atoms with Gasteiger partial charge in [-0.15, -0.1) is 11.3 Å². The summed E-state index contributed by atoms with van der Waals surface area (Å²) in [5.41, 5.74) is 5.63. The first-order chi connectivity index (χ1) is 15.5. The zero-order valence-corrected chi connectivity index (χ0v) is 19.7. The van der Waals surface area contributed by atoms with Crippen LogP contribution >= 0.6 is 47.1 Å². The standard InChI is InChI=1S/C20H16N4O4S4/c25-16(7-8-24-18(27)15(32-20(24)29)10-12-4-3-9-28-12)22-23-17(26)11-30-19-21-13-5-1-2-6-14(13)31-19/h1-6,9-10H,7-8,11H2,(H,22,25)(H,23,26). The fraction of sp³-hybridized carbons (Fsp3) is 0.150. The van der Waals surface area contributed by atoms with Gasteiger partial charge in [-0.1, -0.05) is 47.9 Å². The molecule has 1 saturated heterocycles. The molecule has 0 aliphatic carbocycles. The van der Waals surface area contributed by atoms with Gasteiger partial charge in [-0.25, -0.2) is 4.98 Å². The van der Waals surface area contributed by atoms with E-state index in [0.29, 0.717) is 15.0 Å². The second kappa shape index (κ2) is 10.3. The normalized spacial score (nSPS) is 15.0. The van der Waals surface area contributed by atoms with Gasteiger partial charge in [0.25, 0.3) is 5.91 Å². The van der Waals surface area contributed by atoms with Crippen LogP contribution in [0.1, 0.15) is 12.2 Å². The molecule has 4 rings (SSSR count). The molecular formula is C20H16N4O4S4. The number of nitrogens with one attached hydrogen (secondary N) is 2. The first-order valence-electron chi connectivity index (χ1n) is 9.34. The van der Waals surface area contributed by atoms with Gasteiger partial charge in [-0.2, -0.15) is 0 Å². The van der Waals surface area contributed by atoms with Crippen LogP contribution in [0.5, 0.6) is 0 Å². The fourth-order valence-corrected chi connectivity index (χ4v) is 5.84. The topological polar surface area (TPSA) is 105 Å². The van der Waals surface area contributed by atoms with Crippen molar-refractivity contribution < 1.29 is 18.8 Å². The number of carbonyl (C=O) groups excluding carboxylic acids is 3. The number of hydrogen-bond donors (Lipinski definition) is 2. The van der Waals surface area contributed by atoms with Crippen molar-refractivity contribution in [1.82, 2.24) is 20.7 Å². The number of furan rings is 1. The third-order valence-electron chi connectivity index (χ3n) is 4.19. The molecule has 164 valence electrons. The molecule has 32 heavy (non-hydrogen) atoms. The summed E-state index contributed by atoms with van der Waals surface area (Å²) in [7, 11) is 0. The Morgan fingerprint density at radius 2 is 2.00 bits per heavy atom. The maximum atomic E-state index is 12.5. The number of rotatable bonds is 7. The molecule has 3 heterocycles. The van der Waals surface area contributed by atoms with Gasteiger partial charge in [-0.3, -0.25) is 30.1 Å². The molecule has 8 nitrogen and oxygen atoms in total. The van der Waals surface area contributed by atoms with E-state index in [-0.39, 0.29) is 30.5 Å². The predicted octanol–water partition coefficient (Wildman–Crippen LogP) is 3.42. The summed E-state index contributed by atoms with van der Waals surface area (Å²) < 4.78 is 7.43. The van der Waals surface area contributed by atoms with Gasteiger partial charge < -0.3 is 4.42 Å². The van der Waals surface area contributed by atoms with E-state index in [0.717, 1.165) is 26.3 Å². The molecule has 12 heteroatoms. The van der Waals surface area contributed by atoms with Crippen molar-refractivity contribution >= 4 is 85.4 Å². The molecule has 2 aromatic heterocycles. The van der Waals surface area contributed by atoms with E-state index in [4.69, 9.17) is 16.6 Å². The Kier molecular flexibility index (Phi) is 7.25. The highest BCUT2D eigenvalue weighted by molar-refractivity contribution is 8.26. The minimum Gasteiger partial charge on any atom is -0.465 e. The number of thioether (sulfide) groups is 2. The number of para-hydroxylation sites is 1. The Labute approximate surface area is 200 Å². The lowest BCUT2D eigenvalue weighted by atomic mass is 10.3. The number of hydrogen-bond acceptors (Lipinski definition) is 9. The Balaban J connectivity index is 1.19. The number of thiazole rings is 1. The fourth-order valence-electron chi connectivity index (χ4n) is 2.69. The highest BCUT2D eigenvalue weighted by atomic mass is 32.2. The van der Waals surface area contributed by atoms with Gasteiger partial charge in [-0.05, 0) is 24.3 Å². The molecule has 2 N–H and O–H groups in total. The molecule has 1 aromatic carbocycles. The first kappa shape index (κ1) is 22.5. The van der Waals surface area contributed by atoms with Gasteiger partial charge in [0, 0.05) is 19.0 Å². The molecule has 0 unspecified atom stereocenters. The molecule has 0 atom stereocenters. The smallest absolute Gasteiger partial charge is 0.266 e. The molecule has 3 aromatic rings. The highest BCUT2D eigenvalue weighted by Gasteiger charge is 2.32. The molecule has 1 aliphatic heterocycles. The van der Waals surface area contributed by atoms with Crippen LogP contribution in [0.15, 0.2) is 56.3 Å². The molecule has 0 radical (unpaired) electrons. The maximum Gasteiger partial charge on any atom is 0.266 e. The van der Waals surface area contributed by atoms with E-state index in [1.807, 2.05) is 24.3 Å². The largest absolute Gasteiger partial charge is 0.465 e. The predicted molar refractivity (Wildman–Crippen MR) is 130 cm³/mol. The lowest BCUT2D eigenvalue weighted by Crippen LogP contribution is -2.43. The molecule has 3 amide bonds. The van der Waals surface area contributed by atoms with Crippen LogP contribution in [0.3, 0.4) is 0 Å². The van der Waals surface area contributed by atoms with Gasteiger partial charge in [0.2, 0.25) is 11.8 Å². The lowest BCUT2D eigenvalue weighted by Gasteiger charge is -2.14. The monoisotopic (exact) mass is 504 g/mol. The van der Waals surface area contributed by atoms with Crippen LogP contribution < -0.4 is 10.9 Å². The van der Waals surface area contributed by atoms with Crippen LogP contribution in [0.25, 0.3) is 16.3 Å². The number of nitrogens with zero attached hydrogens (tertiary/aromatic N) is 2. The van der Waals surface area contributed by atoms with Crippen molar-refractivity contribution in [3.8, 4) is 0 Å². The van der Waals surface area contributed by atoms with Crippen molar-refractivity contribution in [2.45, 2.75) is 10.8 Å². The third-order valence-corrected chi connectivity index (χ3v) is 7.75. The van der Waals surface area contributed by atoms with Crippen LogP contribution in [0, 0.1) is 0 Å². The van der Waals surface area contributed by atoms with Crippen LogP contribution in [-0.4, -0.2) is 44.2 Å². The SMILES string of the molecule is O=C(CCN1C(=O)C(=Cc2ccco2)SC1=S)NNC(=O)CSc1nc2ccccc2s1. The minimum atomic E-state index is -0.424. The Morgan fingerprint density at radius 1 is 1.19 bits per heavy atom. The van der Waals surface area contributed by atoms with Crippen molar-refractivity contribution in [3.05, 3.63) is 53.3 Å². The van der Waals surface area contributed by atoms with Crippen molar-refractivity contribution in [3.63, 3.8) is 0 Å². The van der Waals surface area contributed by atoms with Gasteiger partial charge in [0.15, 0.2) is 4.34 Å². The average Bonchev–Trinajstić information content (AvgIpc) is 3.50. The van der Waals surface area contributed by atoms with E-state index in [9.17, 15) is 14.4 Å². The van der Waals surface area contributed by atoms with Gasteiger partial charge in [0.05, 0.1) is 27.1 Å². The Morgan fingerprint density at radius 3 is 2.78 bits per heavy atom. The summed E-state index contributed by atoms with van der Waals surface area (Å²) >= 11 is 9.21. The lowest BCUT2D eigenvalue weighted by molar-refractivity contribution is -0.128. The molecular weight excluding hydrogens is 489 g/mol. The van der Waals surface area contributed by atoms with E-state index in [1.165, 1.54) is 34.3 Å². The maximum absolute atomic E-state index is 12.5. The number of aromatic nitrogens is 1. The number of carbonyl (C=O) groups is 3. The summed E-state index contributed by atoms with van der Waals surface area (Å²) in [6.07, 6.45) is 3.12. The Hall–Kier alpha value is -2.67. The number of amides is 3. The molecule has 1 fully saturated rings. The van der Waals surface area contributed by atoms with Crippen molar-refractivity contribution in [2.24, 2.45) is 0 Å². The van der Waals surface area contributed by atoms with Crippen LogP contribution in [0.4, 0.5) is 0 Å². The number of fused-ring (bicyclic) bond motifs is 1. The summed E-state index contributed by atoms with van der Waals surface area (Å²) in [4.78, 5) is 42.9. The first-order valence-corrected chi connectivity index (χ1v) is 12.4. The minimum absolute atomic E-state index is 0.00817. The van der Waals surface area contributed by atoms with E-state index in [1.54, 1.807) is 18.2 Å². The van der Waals surface area contributed by atoms with Crippen LogP contribution in [0.2, 0.25) is 0 Å². The number of hydrazine groups is 1. The second-order valence-corrected chi connectivity index (χ2v) is 10.4. The summed E-state index contributed by atoms with van der Waals surface area (Å²) in [6.45, 7) is 0.113. The number of benzene rings is 1.